The van der Waals surface area contributed by atoms with Crippen LogP contribution in [0.5, 0.6) is 0 Å². The summed E-state index contributed by atoms with van der Waals surface area (Å²) in [5.74, 6) is 0. The smallest absolute Gasteiger partial charge is 0.201 e. The molecule has 0 aliphatic carbocycles. The number of nitrogens with one attached hydrogen (secondary N) is 1. The molecule has 0 bridgehead atoms. The van der Waals surface area contributed by atoms with E-state index in [0.717, 1.165) is 0 Å². The fourth-order valence-electron chi connectivity index (χ4n) is 0.270. The molecule has 0 aromatic heterocycles. The summed E-state index contributed by atoms with van der Waals surface area (Å²) in [7, 11) is 0. The second kappa shape index (κ2) is 1.28. The summed E-state index contributed by atoms with van der Waals surface area (Å²) in [5, 5.41) is 8.36. The van der Waals surface area contributed by atoms with Gasteiger partial charge in [0.15, 0.2) is 0 Å². The fourth-order valence-corrected chi connectivity index (χ4v) is 0.270. The van der Waals surface area contributed by atoms with E-state index in [1.54, 1.807) is 0 Å². The third-order valence-corrected chi connectivity index (χ3v) is 0.518. The van der Waals surface area contributed by atoms with Crippen molar-refractivity contribution in [1.29, 1.82) is 0 Å². The molecule has 0 spiro atoms. The van der Waals surface area contributed by atoms with E-state index in [1.165, 1.54) is 12.3 Å². The van der Waals surface area contributed by atoms with Crippen molar-refractivity contribution in [3.05, 3.63) is 12.3 Å². The van der Waals surface area contributed by atoms with Crippen molar-refractivity contribution in [1.82, 2.24) is 5.48 Å². The van der Waals surface area contributed by atoms with Crippen LogP contribution in [-0.2, 0) is 4.84 Å². The van der Waals surface area contributed by atoms with Crippen molar-refractivity contribution >= 4 is 0 Å². The molecule has 6 heavy (non-hydrogen) atoms. The van der Waals surface area contributed by atoms with Gasteiger partial charge in [-0.3, -0.25) is 5.48 Å². The monoisotopic (exact) mass is 87.0 g/mol. The van der Waals surface area contributed by atoms with Gasteiger partial charge in [-0.25, -0.2) is 4.84 Å². The van der Waals surface area contributed by atoms with Crippen LogP contribution in [0.25, 0.3) is 0 Å². The maximum absolute atomic E-state index is 8.36. The molecule has 3 nitrogen and oxygen atoms in total. The molecule has 3 heteroatoms. The Kier molecular flexibility index (Phi) is 0.777. The molecule has 0 fully saturated rings. The van der Waals surface area contributed by atoms with E-state index < -0.39 is 6.29 Å². The first kappa shape index (κ1) is 3.64. The van der Waals surface area contributed by atoms with Crippen molar-refractivity contribution in [2.24, 2.45) is 0 Å². The van der Waals surface area contributed by atoms with Gasteiger partial charge in [-0.15, -0.1) is 0 Å². The zero-order valence-electron chi connectivity index (χ0n) is 3.09. The van der Waals surface area contributed by atoms with Gasteiger partial charge in [-0.2, -0.15) is 0 Å². The Morgan fingerprint density at radius 1 is 1.83 bits per heavy atom. The largest absolute Gasteiger partial charge is 0.363 e. The normalized spacial score (nSPS) is 30.5. The highest BCUT2D eigenvalue weighted by Gasteiger charge is 1.99. The molecule has 0 aromatic rings. The van der Waals surface area contributed by atoms with Crippen LogP contribution >= 0.6 is 0 Å². The fraction of sp³-hybridized carbons (Fsp3) is 0.333. The lowest BCUT2D eigenvalue weighted by Crippen LogP contribution is -2.07. The predicted octanol–water partition coefficient (Wildman–Crippen LogP) is -0.647. The first-order chi connectivity index (χ1) is 2.89. The average Bonchev–Trinajstić information content (AvgIpc) is 1.86. The summed E-state index contributed by atoms with van der Waals surface area (Å²) < 4.78 is 0. The quantitative estimate of drug-likeness (QED) is 0.412. The number of hydroxylamine groups is 1. The summed E-state index contributed by atoms with van der Waals surface area (Å²) in [6.45, 7) is 0. The second-order valence-corrected chi connectivity index (χ2v) is 0.985. The Morgan fingerprint density at radius 3 is 2.83 bits per heavy atom. The highest BCUT2D eigenvalue weighted by atomic mass is 16.7. The van der Waals surface area contributed by atoms with E-state index >= 15 is 0 Å². The van der Waals surface area contributed by atoms with Crippen LogP contribution in [0.1, 0.15) is 0 Å². The molecule has 0 saturated heterocycles. The van der Waals surface area contributed by atoms with Crippen molar-refractivity contribution in [3.63, 3.8) is 0 Å². The summed E-state index contributed by atoms with van der Waals surface area (Å²) in [5.41, 5.74) is 2.34. The van der Waals surface area contributed by atoms with Gasteiger partial charge in [0.05, 0.1) is 0 Å². The SMILES string of the molecule is OC1C=CNO1. The van der Waals surface area contributed by atoms with Gasteiger partial charge in [0.2, 0.25) is 6.29 Å². The Bertz CT molecular complexity index is 71.2. The van der Waals surface area contributed by atoms with Crippen LogP contribution in [0.4, 0.5) is 0 Å². The number of aliphatic hydroxyl groups excluding tert-OH is 1. The van der Waals surface area contributed by atoms with Gasteiger partial charge >= 0.3 is 0 Å². The van der Waals surface area contributed by atoms with Gasteiger partial charge in [-0.1, -0.05) is 0 Å². The Morgan fingerprint density at radius 2 is 2.67 bits per heavy atom. The lowest BCUT2D eigenvalue weighted by Gasteiger charge is -1.93. The molecule has 0 saturated carbocycles. The Labute approximate surface area is 35.2 Å². The molecule has 0 amide bonds. The Balaban J connectivity index is 2.38. The van der Waals surface area contributed by atoms with Gasteiger partial charge in [0.1, 0.15) is 0 Å². The number of aliphatic hydroxyl groups is 1. The molecule has 1 aliphatic heterocycles. The highest BCUT2D eigenvalue weighted by molar-refractivity contribution is 4.84. The molecule has 1 unspecified atom stereocenters. The Hall–Kier alpha value is -0.540. The van der Waals surface area contributed by atoms with Crippen LogP contribution in [-0.4, -0.2) is 11.4 Å². The van der Waals surface area contributed by atoms with Crippen molar-refractivity contribution in [2.45, 2.75) is 6.29 Å². The van der Waals surface area contributed by atoms with E-state index in [2.05, 4.69) is 10.3 Å². The molecule has 0 aromatic carbocycles. The molecule has 1 aliphatic rings. The highest BCUT2D eigenvalue weighted by Crippen LogP contribution is 1.90. The third-order valence-electron chi connectivity index (χ3n) is 0.518. The summed E-state index contributed by atoms with van der Waals surface area (Å²) in [6.07, 6.45) is 2.29. The van der Waals surface area contributed by atoms with E-state index in [1.807, 2.05) is 0 Å². The first-order valence-corrected chi connectivity index (χ1v) is 1.65. The minimum absolute atomic E-state index is 0.745. The summed E-state index contributed by atoms with van der Waals surface area (Å²) >= 11 is 0. The molecular formula is C3H5NO2. The summed E-state index contributed by atoms with van der Waals surface area (Å²) in [4.78, 5) is 4.35. The molecular weight excluding hydrogens is 82.0 g/mol. The topological polar surface area (TPSA) is 41.5 Å². The van der Waals surface area contributed by atoms with Crippen molar-refractivity contribution in [3.8, 4) is 0 Å². The third kappa shape index (κ3) is 0.502. The number of hydrogen-bond donors (Lipinski definition) is 2. The van der Waals surface area contributed by atoms with Crippen LogP contribution in [0.2, 0.25) is 0 Å². The first-order valence-electron chi connectivity index (χ1n) is 1.65. The second-order valence-electron chi connectivity index (χ2n) is 0.985. The predicted molar refractivity (Wildman–Crippen MR) is 19.4 cm³/mol. The van der Waals surface area contributed by atoms with Gasteiger partial charge in [0, 0.05) is 6.20 Å². The molecule has 2 N–H and O–H groups in total. The van der Waals surface area contributed by atoms with Gasteiger partial charge in [0.25, 0.3) is 0 Å². The van der Waals surface area contributed by atoms with E-state index in [9.17, 15) is 0 Å². The van der Waals surface area contributed by atoms with Gasteiger partial charge < -0.3 is 5.11 Å². The number of hydrogen-bond acceptors (Lipinski definition) is 3. The zero-order valence-corrected chi connectivity index (χ0v) is 3.09. The minimum atomic E-state index is -0.745. The van der Waals surface area contributed by atoms with Crippen molar-refractivity contribution in [2.75, 3.05) is 0 Å². The van der Waals surface area contributed by atoms with Crippen LogP contribution < -0.4 is 5.48 Å². The molecule has 1 atom stereocenters. The molecule has 0 radical (unpaired) electrons. The maximum Gasteiger partial charge on any atom is 0.201 e. The van der Waals surface area contributed by atoms with E-state index in [0.29, 0.717) is 0 Å². The minimum Gasteiger partial charge on any atom is -0.363 e. The average molecular weight is 87.1 g/mol. The molecule has 1 rings (SSSR count). The molecule has 34 valence electrons. The number of rotatable bonds is 0. The van der Waals surface area contributed by atoms with Crippen molar-refractivity contribution < 1.29 is 9.94 Å². The van der Waals surface area contributed by atoms with Crippen LogP contribution in [0.3, 0.4) is 0 Å². The van der Waals surface area contributed by atoms with E-state index in [-0.39, 0.29) is 0 Å². The molecule has 1 heterocycles. The maximum atomic E-state index is 8.36. The van der Waals surface area contributed by atoms with Gasteiger partial charge in [-0.05, 0) is 6.08 Å². The summed E-state index contributed by atoms with van der Waals surface area (Å²) in [6, 6.07) is 0. The lowest BCUT2D eigenvalue weighted by molar-refractivity contribution is -0.0840. The standard InChI is InChI=1S/C3H5NO2/c5-3-1-2-4-6-3/h1-5H. The van der Waals surface area contributed by atoms with Crippen LogP contribution in [0, 0.1) is 0 Å². The lowest BCUT2D eigenvalue weighted by atomic mass is 10.6. The van der Waals surface area contributed by atoms with Crippen LogP contribution in [0.15, 0.2) is 12.3 Å². The van der Waals surface area contributed by atoms with E-state index in [4.69, 9.17) is 5.11 Å². The zero-order chi connectivity index (χ0) is 4.41.